The zero-order valence-corrected chi connectivity index (χ0v) is 20.4. The Morgan fingerprint density at radius 3 is 2.68 bits per heavy atom. The van der Waals surface area contributed by atoms with Crippen LogP contribution in [0, 0.1) is 6.92 Å². The van der Waals surface area contributed by atoms with Crippen molar-refractivity contribution in [2.75, 3.05) is 11.9 Å². The molecule has 0 spiro atoms. The number of rotatable bonds is 7. The number of nitrogens with zero attached hydrogens (tertiary/aromatic N) is 3. The molecule has 4 aromatic rings. The third kappa shape index (κ3) is 5.40. The van der Waals surface area contributed by atoms with E-state index >= 15 is 0 Å². The first-order valence-corrected chi connectivity index (χ1v) is 11.6. The number of hydrogen-bond acceptors (Lipinski definition) is 5. The molecule has 34 heavy (non-hydrogen) atoms. The van der Waals surface area contributed by atoms with E-state index in [4.69, 9.17) is 4.74 Å². The molecular formula is C26H23BrN4O3. The van der Waals surface area contributed by atoms with Crippen molar-refractivity contribution in [3.63, 3.8) is 0 Å². The van der Waals surface area contributed by atoms with E-state index in [1.165, 1.54) is 4.68 Å². The molecule has 0 fully saturated rings. The quantitative estimate of drug-likeness (QED) is 0.351. The molecule has 0 saturated heterocycles. The van der Waals surface area contributed by atoms with Gasteiger partial charge in [0.15, 0.2) is 6.61 Å². The topological polar surface area (TPSA) is 85.6 Å². The lowest BCUT2D eigenvalue weighted by molar-refractivity contribution is -0.118. The zero-order valence-electron chi connectivity index (χ0n) is 18.8. The number of amides is 1. The van der Waals surface area contributed by atoms with Gasteiger partial charge in [0, 0.05) is 22.1 Å². The van der Waals surface area contributed by atoms with Crippen molar-refractivity contribution < 1.29 is 9.53 Å². The molecule has 0 atom stereocenters. The first kappa shape index (κ1) is 23.4. The van der Waals surface area contributed by atoms with Crippen molar-refractivity contribution in [1.82, 2.24) is 9.66 Å². The second kappa shape index (κ2) is 10.4. The van der Waals surface area contributed by atoms with Crippen LogP contribution in [0.15, 0.2) is 81.1 Å². The monoisotopic (exact) mass is 518 g/mol. The average Bonchev–Trinajstić information content (AvgIpc) is 2.84. The number of hydrogen-bond donors (Lipinski definition) is 1. The summed E-state index contributed by atoms with van der Waals surface area (Å²) in [4.78, 5) is 30.0. The number of ether oxygens (including phenoxy) is 1. The van der Waals surface area contributed by atoms with Gasteiger partial charge in [0.1, 0.15) is 11.6 Å². The zero-order chi connectivity index (χ0) is 24.1. The highest BCUT2D eigenvalue weighted by atomic mass is 79.9. The van der Waals surface area contributed by atoms with Gasteiger partial charge in [-0.05, 0) is 49.4 Å². The Morgan fingerprint density at radius 1 is 1.15 bits per heavy atom. The summed E-state index contributed by atoms with van der Waals surface area (Å²) in [6, 6.07) is 20.1. The van der Waals surface area contributed by atoms with Crippen LogP contribution in [-0.2, 0) is 11.2 Å². The minimum atomic E-state index is -0.274. The number of carbonyl (C=O) groups is 1. The summed E-state index contributed by atoms with van der Waals surface area (Å²) in [7, 11) is 0. The summed E-state index contributed by atoms with van der Waals surface area (Å²) >= 11 is 3.40. The summed E-state index contributed by atoms with van der Waals surface area (Å²) in [6.07, 6.45) is 2.08. The van der Waals surface area contributed by atoms with E-state index in [0.29, 0.717) is 40.1 Å². The minimum absolute atomic E-state index is 0.162. The van der Waals surface area contributed by atoms with E-state index < -0.39 is 0 Å². The van der Waals surface area contributed by atoms with Gasteiger partial charge in [0.2, 0.25) is 0 Å². The standard InChI is InChI=1S/C26H23BrN4O3/c1-3-24-30-22-13-10-19(27)14-21(22)26(33)31(24)28-15-18-6-4-5-7-23(18)34-16-25(32)29-20-11-8-17(2)9-12-20/h4-15H,3,16H2,1-2H3,(H,29,32). The van der Waals surface area contributed by atoms with Crippen molar-refractivity contribution in [2.45, 2.75) is 20.3 Å². The number of halogens is 1. The molecule has 0 unspecified atom stereocenters. The SMILES string of the molecule is CCc1nc2ccc(Br)cc2c(=O)n1N=Cc1ccccc1OCC(=O)Nc1ccc(C)cc1. The van der Waals surface area contributed by atoms with E-state index in [9.17, 15) is 9.59 Å². The van der Waals surface area contributed by atoms with Crippen LogP contribution < -0.4 is 15.6 Å². The van der Waals surface area contributed by atoms with Crippen LogP contribution in [0.3, 0.4) is 0 Å². The summed E-state index contributed by atoms with van der Waals surface area (Å²) in [6.45, 7) is 3.74. The fourth-order valence-corrected chi connectivity index (χ4v) is 3.72. The molecule has 0 saturated carbocycles. The van der Waals surface area contributed by atoms with Crippen molar-refractivity contribution in [3.8, 4) is 5.75 Å². The van der Waals surface area contributed by atoms with E-state index in [1.54, 1.807) is 30.5 Å². The molecule has 0 bridgehead atoms. The Kier molecular flexibility index (Phi) is 7.18. The van der Waals surface area contributed by atoms with Crippen molar-refractivity contribution in [1.29, 1.82) is 0 Å². The lowest BCUT2D eigenvalue weighted by Crippen LogP contribution is -2.22. The fraction of sp³-hybridized carbons (Fsp3) is 0.154. The number of anilines is 1. The van der Waals surface area contributed by atoms with E-state index in [1.807, 2.05) is 56.3 Å². The Morgan fingerprint density at radius 2 is 1.91 bits per heavy atom. The largest absolute Gasteiger partial charge is 0.483 e. The molecule has 7 nitrogen and oxygen atoms in total. The lowest BCUT2D eigenvalue weighted by Gasteiger charge is -2.10. The maximum Gasteiger partial charge on any atom is 0.282 e. The predicted molar refractivity (Wildman–Crippen MR) is 138 cm³/mol. The predicted octanol–water partition coefficient (Wildman–Crippen LogP) is 4.93. The van der Waals surface area contributed by atoms with Crippen LogP contribution >= 0.6 is 15.9 Å². The molecule has 1 heterocycles. The highest BCUT2D eigenvalue weighted by molar-refractivity contribution is 9.10. The van der Waals surface area contributed by atoms with Crippen LogP contribution in [0.25, 0.3) is 10.9 Å². The number of para-hydroxylation sites is 1. The summed E-state index contributed by atoms with van der Waals surface area (Å²) in [5.41, 5.74) is 2.82. The molecule has 8 heteroatoms. The van der Waals surface area contributed by atoms with Crippen LogP contribution in [0.1, 0.15) is 23.9 Å². The third-order valence-electron chi connectivity index (χ3n) is 5.12. The smallest absolute Gasteiger partial charge is 0.282 e. The van der Waals surface area contributed by atoms with Gasteiger partial charge in [-0.1, -0.05) is 52.7 Å². The van der Waals surface area contributed by atoms with Gasteiger partial charge in [-0.25, -0.2) is 4.98 Å². The van der Waals surface area contributed by atoms with Crippen molar-refractivity contribution >= 4 is 44.6 Å². The molecule has 0 aliphatic heterocycles. The molecular weight excluding hydrogens is 496 g/mol. The van der Waals surface area contributed by atoms with Crippen LogP contribution in [0.2, 0.25) is 0 Å². The highest BCUT2D eigenvalue weighted by Gasteiger charge is 2.11. The first-order chi connectivity index (χ1) is 16.4. The van der Waals surface area contributed by atoms with E-state index in [0.717, 1.165) is 10.0 Å². The van der Waals surface area contributed by atoms with Gasteiger partial charge in [-0.2, -0.15) is 9.78 Å². The number of carbonyl (C=O) groups excluding carboxylic acids is 1. The number of nitrogens with one attached hydrogen (secondary N) is 1. The van der Waals surface area contributed by atoms with Crippen molar-refractivity contribution in [2.24, 2.45) is 5.10 Å². The molecule has 1 amide bonds. The Balaban J connectivity index is 1.55. The van der Waals surface area contributed by atoms with Crippen LogP contribution in [0.5, 0.6) is 5.75 Å². The highest BCUT2D eigenvalue weighted by Crippen LogP contribution is 2.18. The molecule has 1 aromatic heterocycles. The molecule has 172 valence electrons. The molecule has 1 N–H and O–H groups in total. The second-order valence-electron chi connectivity index (χ2n) is 7.65. The van der Waals surface area contributed by atoms with E-state index in [2.05, 4.69) is 31.3 Å². The normalized spacial score (nSPS) is 11.1. The number of benzene rings is 3. The number of aromatic nitrogens is 2. The minimum Gasteiger partial charge on any atom is -0.483 e. The summed E-state index contributed by atoms with van der Waals surface area (Å²) in [5, 5.41) is 7.69. The molecule has 0 aliphatic carbocycles. The number of fused-ring (bicyclic) bond motifs is 1. The Hall–Kier alpha value is -3.78. The van der Waals surface area contributed by atoms with Crippen LogP contribution in [-0.4, -0.2) is 28.4 Å². The van der Waals surface area contributed by atoms with Gasteiger partial charge < -0.3 is 10.1 Å². The first-order valence-electron chi connectivity index (χ1n) is 10.8. The summed E-state index contributed by atoms with van der Waals surface area (Å²) in [5.74, 6) is 0.754. The van der Waals surface area contributed by atoms with E-state index in [-0.39, 0.29) is 18.1 Å². The maximum absolute atomic E-state index is 13.1. The Labute approximate surface area is 205 Å². The van der Waals surface area contributed by atoms with Gasteiger partial charge >= 0.3 is 0 Å². The van der Waals surface area contributed by atoms with Crippen LogP contribution in [0.4, 0.5) is 5.69 Å². The molecule has 3 aromatic carbocycles. The molecule has 0 radical (unpaired) electrons. The van der Waals surface area contributed by atoms with Gasteiger partial charge in [0.05, 0.1) is 17.1 Å². The lowest BCUT2D eigenvalue weighted by atomic mass is 10.2. The van der Waals surface area contributed by atoms with Gasteiger partial charge in [-0.3, -0.25) is 9.59 Å². The fourth-order valence-electron chi connectivity index (χ4n) is 3.36. The molecule has 0 aliphatic rings. The van der Waals surface area contributed by atoms with Gasteiger partial charge in [-0.15, -0.1) is 0 Å². The maximum atomic E-state index is 13.1. The van der Waals surface area contributed by atoms with Crippen molar-refractivity contribution in [3.05, 3.63) is 98.5 Å². The third-order valence-corrected chi connectivity index (χ3v) is 5.61. The summed E-state index contributed by atoms with van der Waals surface area (Å²) < 4.78 is 7.84. The Bertz CT molecular complexity index is 1430. The number of aryl methyl sites for hydroxylation is 2. The van der Waals surface area contributed by atoms with Gasteiger partial charge in [0.25, 0.3) is 11.5 Å². The second-order valence-corrected chi connectivity index (χ2v) is 8.56. The molecule has 4 rings (SSSR count). The average molecular weight is 519 g/mol.